The maximum absolute atomic E-state index is 9.93. The molecule has 0 bridgehead atoms. The summed E-state index contributed by atoms with van der Waals surface area (Å²) in [6.07, 6.45) is 2.08. The van der Waals surface area contributed by atoms with Crippen LogP contribution in [0.2, 0.25) is 5.02 Å². The van der Waals surface area contributed by atoms with Crippen LogP contribution in [0, 0.1) is 6.92 Å². The molecule has 3 heteroatoms. The van der Waals surface area contributed by atoms with Crippen LogP contribution in [-0.2, 0) is 5.41 Å². The van der Waals surface area contributed by atoms with Crippen molar-refractivity contribution in [2.24, 2.45) is 5.73 Å². The average Bonchev–Trinajstić information content (AvgIpc) is 2.92. The molecular formula is C12H16ClNO. The second-order valence-electron chi connectivity index (χ2n) is 4.56. The summed E-state index contributed by atoms with van der Waals surface area (Å²) in [5.41, 5.74) is 7.74. The molecule has 82 valence electrons. The van der Waals surface area contributed by atoms with Gasteiger partial charge in [-0.1, -0.05) is 11.6 Å². The highest BCUT2D eigenvalue weighted by Gasteiger charge is 2.49. The van der Waals surface area contributed by atoms with E-state index in [4.69, 9.17) is 17.3 Å². The molecule has 1 unspecified atom stereocenters. The van der Waals surface area contributed by atoms with Gasteiger partial charge in [0, 0.05) is 22.0 Å². The summed E-state index contributed by atoms with van der Waals surface area (Å²) in [6, 6.07) is 3.64. The number of aromatic hydroxyl groups is 1. The van der Waals surface area contributed by atoms with Crippen molar-refractivity contribution in [3.8, 4) is 5.75 Å². The number of hydrogen-bond acceptors (Lipinski definition) is 2. The monoisotopic (exact) mass is 225 g/mol. The van der Waals surface area contributed by atoms with Crippen LogP contribution < -0.4 is 5.73 Å². The fourth-order valence-electron chi connectivity index (χ4n) is 2.17. The zero-order valence-corrected chi connectivity index (χ0v) is 9.80. The Morgan fingerprint density at radius 2 is 2.07 bits per heavy atom. The molecule has 15 heavy (non-hydrogen) atoms. The van der Waals surface area contributed by atoms with Gasteiger partial charge in [0.15, 0.2) is 0 Å². The Kier molecular flexibility index (Phi) is 2.44. The van der Waals surface area contributed by atoms with Crippen molar-refractivity contribution in [1.82, 2.24) is 0 Å². The van der Waals surface area contributed by atoms with Gasteiger partial charge in [0.05, 0.1) is 0 Å². The van der Waals surface area contributed by atoms with Crippen LogP contribution >= 0.6 is 11.6 Å². The molecule has 0 heterocycles. The number of phenols is 1. The molecule has 0 radical (unpaired) electrons. The third-order valence-corrected chi connectivity index (χ3v) is 3.88. The number of aryl methyl sites for hydroxylation is 1. The van der Waals surface area contributed by atoms with E-state index in [0.717, 1.165) is 24.0 Å². The van der Waals surface area contributed by atoms with Gasteiger partial charge in [0.2, 0.25) is 0 Å². The van der Waals surface area contributed by atoms with Crippen LogP contribution in [0.1, 0.15) is 30.9 Å². The molecule has 1 aliphatic carbocycles. The van der Waals surface area contributed by atoms with Crippen LogP contribution in [0.15, 0.2) is 12.1 Å². The van der Waals surface area contributed by atoms with E-state index in [-0.39, 0.29) is 11.5 Å². The molecule has 3 N–H and O–H groups in total. The summed E-state index contributed by atoms with van der Waals surface area (Å²) in [5, 5.41) is 10.6. The summed E-state index contributed by atoms with van der Waals surface area (Å²) in [7, 11) is 0. The van der Waals surface area contributed by atoms with Crippen LogP contribution in [0.3, 0.4) is 0 Å². The van der Waals surface area contributed by atoms with Gasteiger partial charge >= 0.3 is 0 Å². The number of rotatable bonds is 2. The van der Waals surface area contributed by atoms with Crippen molar-refractivity contribution < 1.29 is 5.11 Å². The number of hydrogen-bond donors (Lipinski definition) is 2. The summed E-state index contributed by atoms with van der Waals surface area (Å²) in [5.74, 6) is 0.326. The fraction of sp³-hybridized carbons (Fsp3) is 0.500. The quantitative estimate of drug-likeness (QED) is 0.813. The maximum atomic E-state index is 9.93. The Morgan fingerprint density at radius 1 is 1.47 bits per heavy atom. The van der Waals surface area contributed by atoms with Crippen LogP contribution in [0.25, 0.3) is 0 Å². The number of phenolic OH excluding ortho intramolecular Hbond substituents is 1. The van der Waals surface area contributed by atoms with Crippen LogP contribution in [-0.4, -0.2) is 11.1 Å². The molecule has 1 aromatic carbocycles. The molecule has 0 aliphatic heterocycles. The third-order valence-electron chi connectivity index (χ3n) is 3.47. The summed E-state index contributed by atoms with van der Waals surface area (Å²) in [6.45, 7) is 3.87. The normalized spacial score (nSPS) is 20.0. The Labute approximate surface area is 95.1 Å². The van der Waals surface area contributed by atoms with Crippen molar-refractivity contribution in [3.63, 3.8) is 0 Å². The van der Waals surface area contributed by atoms with Crippen LogP contribution in [0.5, 0.6) is 5.75 Å². The molecule has 0 spiro atoms. The predicted octanol–water partition coefficient (Wildman–Crippen LogP) is 2.73. The van der Waals surface area contributed by atoms with Gasteiger partial charge in [-0.15, -0.1) is 0 Å². The zero-order valence-electron chi connectivity index (χ0n) is 9.05. The topological polar surface area (TPSA) is 46.2 Å². The molecule has 1 fully saturated rings. The molecule has 0 aromatic heterocycles. The highest BCUT2D eigenvalue weighted by molar-refractivity contribution is 6.31. The highest BCUT2D eigenvalue weighted by atomic mass is 35.5. The first-order valence-electron chi connectivity index (χ1n) is 5.22. The van der Waals surface area contributed by atoms with E-state index >= 15 is 0 Å². The van der Waals surface area contributed by atoms with E-state index in [0.29, 0.717) is 10.8 Å². The van der Waals surface area contributed by atoms with Crippen LogP contribution in [0.4, 0.5) is 0 Å². The second-order valence-corrected chi connectivity index (χ2v) is 4.97. The predicted molar refractivity (Wildman–Crippen MR) is 62.4 cm³/mol. The molecule has 1 atom stereocenters. The molecule has 1 saturated carbocycles. The van der Waals surface area contributed by atoms with E-state index in [1.54, 1.807) is 6.07 Å². The lowest BCUT2D eigenvalue weighted by molar-refractivity contribution is 0.446. The first kappa shape index (κ1) is 10.8. The molecule has 2 rings (SSSR count). The van der Waals surface area contributed by atoms with Gasteiger partial charge in [-0.3, -0.25) is 0 Å². The average molecular weight is 226 g/mol. The Bertz CT molecular complexity index is 397. The second kappa shape index (κ2) is 3.39. The largest absolute Gasteiger partial charge is 0.508 e. The van der Waals surface area contributed by atoms with E-state index in [2.05, 4.69) is 0 Å². The van der Waals surface area contributed by atoms with E-state index in [1.807, 2.05) is 19.9 Å². The van der Waals surface area contributed by atoms with Crippen molar-refractivity contribution in [2.75, 3.05) is 0 Å². The Balaban J connectivity index is 2.49. The van der Waals surface area contributed by atoms with Crippen molar-refractivity contribution in [2.45, 2.75) is 38.1 Å². The number of halogens is 1. The highest BCUT2D eigenvalue weighted by Crippen LogP contribution is 2.53. The lowest BCUT2D eigenvalue weighted by Gasteiger charge is -2.21. The minimum absolute atomic E-state index is 0.0403. The first-order valence-corrected chi connectivity index (χ1v) is 5.60. The molecule has 1 aliphatic rings. The smallest absolute Gasteiger partial charge is 0.119 e. The molecule has 0 saturated heterocycles. The summed E-state index contributed by atoms with van der Waals surface area (Å²) < 4.78 is 0. The number of nitrogens with two attached hydrogens (primary N) is 1. The van der Waals surface area contributed by atoms with Gasteiger partial charge in [-0.25, -0.2) is 0 Å². The Hall–Kier alpha value is -0.730. The Morgan fingerprint density at radius 3 is 2.53 bits per heavy atom. The first-order chi connectivity index (χ1) is 6.97. The van der Waals surface area contributed by atoms with E-state index in [1.165, 1.54) is 0 Å². The summed E-state index contributed by atoms with van der Waals surface area (Å²) >= 11 is 6.07. The zero-order chi connectivity index (χ0) is 11.2. The van der Waals surface area contributed by atoms with Gasteiger partial charge in [0.1, 0.15) is 5.75 Å². The summed E-state index contributed by atoms with van der Waals surface area (Å²) in [4.78, 5) is 0. The third kappa shape index (κ3) is 1.62. The lowest BCUT2D eigenvalue weighted by atomic mass is 9.88. The van der Waals surface area contributed by atoms with Gasteiger partial charge < -0.3 is 10.8 Å². The van der Waals surface area contributed by atoms with Gasteiger partial charge in [0.25, 0.3) is 0 Å². The minimum atomic E-state index is -0.0403. The van der Waals surface area contributed by atoms with E-state index < -0.39 is 0 Å². The SMILES string of the molecule is Cc1cc(O)c(C2(C(C)N)CC2)cc1Cl. The van der Waals surface area contributed by atoms with Gasteiger partial charge in [-0.05, 0) is 44.4 Å². The maximum Gasteiger partial charge on any atom is 0.119 e. The van der Waals surface area contributed by atoms with Crippen molar-refractivity contribution in [3.05, 3.63) is 28.3 Å². The van der Waals surface area contributed by atoms with Gasteiger partial charge in [-0.2, -0.15) is 0 Å². The van der Waals surface area contributed by atoms with Crippen molar-refractivity contribution >= 4 is 11.6 Å². The molecule has 0 amide bonds. The lowest BCUT2D eigenvalue weighted by Crippen LogP contribution is -2.31. The van der Waals surface area contributed by atoms with E-state index in [9.17, 15) is 5.11 Å². The molecule has 1 aromatic rings. The number of benzene rings is 1. The fourth-order valence-corrected chi connectivity index (χ4v) is 2.33. The van der Waals surface area contributed by atoms with Crippen molar-refractivity contribution in [1.29, 1.82) is 0 Å². The molecule has 2 nitrogen and oxygen atoms in total. The standard InChI is InChI=1S/C12H16ClNO/c1-7-5-11(15)9(6-10(7)13)12(3-4-12)8(2)14/h5-6,8,15H,3-4,14H2,1-2H3. The minimum Gasteiger partial charge on any atom is -0.508 e. The molecular weight excluding hydrogens is 210 g/mol.